The summed E-state index contributed by atoms with van der Waals surface area (Å²) < 4.78 is 5.24. The van der Waals surface area contributed by atoms with Gasteiger partial charge in [0.05, 0.1) is 11.3 Å². The summed E-state index contributed by atoms with van der Waals surface area (Å²) in [5.41, 5.74) is 7.94. The molecule has 0 aliphatic carbocycles. The van der Waals surface area contributed by atoms with E-state index in [9.17, 15) is 0 Å². The van der Waals surface area contributed by atoms with Crippen molar-refractivity contribution >= 4 is 17.3 Å². The molecular weight excluding hydrogens is 200 g/mol. The number of aryl methyl sites for hydroxylation is 1. The Bertz CT molecular complexity index is 465. The van der Waals surface area contributed by atoms with Gasteiger partial charge in [-0.25, -0.2) is 4.98 Å². The van der Waals surface area contributed by atoms with Crippen LogP contribution in [-0.4, -0.2) is 4.98 Å². The summed E-state index contributed by atoms with van der Waals surface area (Å²) in [4.78, 5) is 4.18. The van der Waals surface area contributed by atoms with Gasteiger partial charge in [0.25, 0.3) is 0 Å². The van der Waals surface area contributed by atoms with Gasteiger partial charge in [-0.2, -0.15) is 0 Å². The molecule has 1 aromatic heterocycles. The molecular formula is C10H9ClN2O. The molecule has 0 atom stereocenters. The highest BCUT2D eigenvalue weighted by atomic mass is 35.5. The predicted octanol–water partition coefficient (Wildman–Crippen LogP) is 2.89. The minimum absolute atomic E-state index is 0.525. The van der Waals surface area contributed by atoms with E-state index < -0.39 is 0 Å². The van der Waals surface area contributed by atoms with E-state index >= 15 is 0 Å². The second-order valence-electron chi connectivity index (χ2n) is 3.03. The summed E-state index contributed by atoms with van der Waals surface area (Å²) in [6.45, 7) is 1.86. The van der Waals surface area contributed by atoms with Crippen molar-refractivity contribution in [1.29, 1.82) is 0 Å². The molecule has 0 amide bonds. The van der Waals surface area contributed by atoms with Crippen LogP contribution in [0.4, 0.5) is 5.69 Å². The summed E-state index contributed by atoms with van der Waals surface area (Å²) >= 11 is 5.78. The van der Waals surface area contributed by atoms with Gasteiger partial charge in [-0.05, 0) is 25.1 Å². The van der Waals surface area contributed by atoms with Crippen LogP contribution in [-0.2, 0) is 0 Å². The second kappa shape index (κ2) is 3.35. The van der Waals surface area contributed by atoms with Crippen molar-refractivity contribution in [3.05, 3.63) is 35.2 Å². The fraction of sp³-hybridized carbons (Fsp3) is 0.100. The first kappa shape index (κ1) is 9.09. The standard InChI is InChI=1S/C10H9ClN2O/c1-6-5-14-10(13-6)8-3-2-7(11)4-9(8)12/h2-5H,12H2,1H3. The van der Waals surface area contributed by atoms with Crippen LogP contribution in [0.15, 0.2) is 28.9 Å². The van der Waals surface area contributed by atoms with Crippen molar-refractivity contribution < 1.29 is 4.42 Å². The predicted molar refractivity (Wildman–Crippen MR) is 56.1 cm³/mol. The van der Waals surface area contributed by atoms with Gasteiger partial charge in [-0.3, -0.25) is 0 Å². The van der Waals surface area contributed by atoms with E-state index in [0.29, 0.717) is 16.6 Å². The molecule has 0 aliphatic heterocycles. The lowest BCUT2D eigenvalue weighted by atomic mass is 10.2. The minimum Gasteiger partial charge on any atom is -0.444 e. The first-order valence-electron chi connectivity index (χ1n) is 4.14. The zero-order chi connectivity index (χ0) is 10.1. The molecule has 1 heterocycles. The van der Waals surface area contributed by atoms with Crippen molar-refractivity contribution in [2.75, 3.05) is 5.73 Å². The lowest BCUT2D eigenvalue weighted by Gasteiger charge is -2.00. The molecule has 2 aromatic rings. The number of nitrogen functional groups attached to an aromatic ring is 1. The molecule has 14 heavy (non-hydrogen) atoms. The number of nitrogens with zero attached hydrogens (tertiary/aromatic N) is 1. The Balaban J connectivity index is 2.52. The van der Waals surface area contributed by atoms with Gasteiger partial charge < -0.3 is 10.2 Å². The molecule has 2 N–H and O–H groups in total. The number of benzene rings is 1. The minimum atomic E-state index is 0.525. The van der Waals surface area contributed by atoms with Crippen LogP contribution in [0.5, 0.6) is 0 Å². The second-order valence-corrected chi connectivity index (χ2v) is 3.46. The van der Waals surface area contributed by atoms with E-state index in [2.05, 4.69) is 4.98 Å². The molecule has 4 heteroatoms. The first-order valence-corrected chi connectivity index (χ1v) is 4.52. The van der Waals surface area contributed by atoms with Gasteiger partial charge in [-0.15, -0.1) is 0 Å². The number of hydrogen-bond acceptors (Lipinski definition) is 3. The highest BCUT2D eigenvalue weighted by Gasteiger charge is 2.08. The maximum absolute atomic E-state index is 5.78. The number of halogens is 1. The smallest absolute Gasteiger partial charge is 0.228 e. The number of nitrogens with two attached hydrogens (primary N) is 1. The van der Waals surface area contributed by atoms with Crippen LogP contribution in [0.1, 0.15) is 5.69 Å². The average Bonchev–Trinajstić information content (AvgIpc) is 2.51. The molecule has 1 aromatic carbocycles. The van der Waals surface area contributed by atoms with Gasteiger partial charge in [0.2, 0.25) is 5.89 Å². The fourth-order valence-electron chi connectivity index (χ4n) is 1.21. The molecule has 2 rings (SSSR count). The third-order valence-corrected chi connectivity index (χ3v) is 2.10. The Morgan fingerprint density at radius 3 is 2.79 bits per heavy atom. The largest absolute Gasteiger partial charge is 0.444 e. The maximum atomic E-state index is 5.78. The Kier molecular flexibility index (Phi) is 2.17. The quantitative estimate of drug-likeness (QED) is 0.734. The van der Waals surface area contributed by atoms with Crippen molar-refractivity contribution in [1.82, 2.24) is 4.98 Å². The summed E-state index contributed by atoms with van der Waals surface area (Å²) in [6.07, 6.45) is 1.59. The number of oxazole rings is 1. The van der Waals surface area contributed by atoms with Gasteiger partial charge in [0.1, 0.15) is 6.26 Å². The summed E-state index contributed by atoms with van der Waals surface area (Å²) in [7, 11) is 0. The summed E-state index contributed by atoms with van der Waals surface area (Å²) in [6, 6.07) is 5.23. The van der Waals surface area contributed by atoms with E-state index in [1.807, 2.05) is 6.92 Å². The Morgan fingerprint density at radius 1 is 1.43 bits per heavy atom. The van der Waals surface area contributed by atoms with Gasteiger partial charge in [-0.1, -0.05) is 11.6 Å². The van der Waals surface area contributed by atoms with Crippen LogP contribution in [0.3, 0.4) is 0 Å². The first-order chi connectivity index (χ1) is 6.66. The number of hydrogen-bond donors (Lipinski definition) is 1. The SMILES string of the molecule is Cc1coc(-c2ccc(Cl)cc2N)n1. The van der Waals surface area contributed by atoms with E-state index in [0.717, 1.165) is 11.3 Å². The van der Waals surface area contributed by atoms with Crippen LogP contribution >= 0.6 is 11.6 Å². The van der Waals surface area contributed by atoms with Crippen LogP contribution < -0.4 is 5.73 Å². The Morgan fingerprint density at radius 2 is 2.21 bits per heavy atom. The number of aromatic nitrogens is 1. The van der Waals surface area contributed by atoms with Gasteiger partial charge >= 0.3 is 0 Å². The van der Waals surface area contributed by atoms with E-state index in [-0.39, 0.29) is 0 Å². The average molecular weight is 209 g/mol. The van der Waals surface area contributed by atoms with Crippen LogP contribution in [0.2, 0.25) is 5.02 Å². The third-order valence-electron chi connectivity index (χ3n) is 1.86. The Hall–Kier alpha value is -1.48. The molecule has 0 unspecified atom stereocenters. The maximum Gasteiger partial charge on any atom is 0.228 e. The van der Waals surface area contributed by atoms with Crippen molar-refractivity contribution in [2.24, 2.45) is 0 Å². The van der Waals surface area contributed by atoms with Crippen molar-refractivity contribution in [2.45, 2.75) is 6.92 Å². The Labute approximate surface area is 86.5 Å². The fourth-order valence-corrected chi connectivity index (χ4v) is 1.39. The topological polar surface area (TPSA) is 52.0 Å². The molecule has 0 saturated carbocycles. The zero-order valence-electron chi connectivity index (χ0n) is 7.62. The molecule has 72 valence electrons. The zero-order valence-corrected chi connectivity index (χ0v) is 8.38. The summed E-state index contributed by atoms with van der Waals surface area (Å²) in [5.74, 6) is 0.525. The molecule has 3 nitrogen and oxygen atoms in total. The van der Waals surface area contributed by atoms with E-state index in [1.54, 1.807) is 24.5 Å². The molecule has 0 bridgehead atoms. The van der Waals surface area contributed by atoms with Crippen LogP contribution in [0.25, 0.3) is 11.5 Å². The lowest BCUT2D eigenvalue weighted by Crippen LogP contribution is -1.89. The van der Waals surface area contributed by atoms with Gasteiger partial charge in [0.15, 0.2) is 0 Å². The van der Waals surface area contributed by atoms with Crippen molar-refractivity contribution in [3.8, 4) is 11.5 Å². The molecule has 0 radical (unpaired) electrons. The molecule has 0 aliphatic rings. The number of rotatable bonds is 1. The summed E-state index contributed by atoms with van der Waals surface area (Å²) in [5, 5.41) is 0.606. The highest BCUT2D eigenvalue weighted by Crippen LogP contribution is 2.27. The lowest BCUT2D eigenvalue weighted by molar-refractivity contribution is 0.574. The molecule has 0 saturated heterocycles. The normalized spacial score (nSPS) is 10.4. The highest BCUT2D eigenvalue weighted by molar-refractivity contribution is 6.31. The van der Waals surface area contributed by atoms with E-state index in [1.165, 1.54) is 0 Å². The van der Waals surface area contributed by atoms with E-state index in [4.69, 9.17) is 21.8 Å². The molecule has 0 spiro atoms. The van der Waals surface area contributed by atoms with Gasteiger partial charge in [0, 0.05) is 10.7 Å². The monoisotopic (exact) mass is 208 g/mol. The van der Waals surface area contributed by atoms with Crippen LogP contribution in [0, 0.1) is 6.92 Å². The third kappa shape index (κ3) is 1.59. The van der Waals surface area contributed by atoms with Crippen molar-refractivity contribution in [3.63, 3.8) is 0 Å². The number of anilines is 1. The molecule has 0 fully saturated rings.